The molecule has 100 valence electrons. The molecule has 0 atom stereocenters. The highest BCUT2D eigenvalue weighted by atomic mass is 16.4. The Bertz CT molecular complexity index is 400. The van der Waals surface area contributed by atoms with Crippen molar-refractivity contribution in [2.75, 3.05) is 11.9 Å². The standard InChI is InChI=1S/C11H19N5O2/c1-7(2)12-6-10-15-16-11(18-10)13-5-9(17)14-8-3-4-8/h7-8,12H,3-6H2,1-2H3,(H,13,16)(H,14,17). The lowest BCUT2D eigenvalue weighted by molar-refractivity contribution is -0.119. The van der Waals surface area contributed by atoms with Crippen molar-refractivity contribution in [1.29, 1.82) is 0 Å². The van der Waals surface area contributed by atoms with Crippen LogP contribution in [0.4, 0.5) is 6.01 Å². The Balaban J connectivity index is 1.70. The van der Waals surface area contributed by atoms with Crippen LogP contribution >= 0.6 is 0 Å². The topological polar surface area (TPSA) is 92.1 Å². The molecule has 0 aliphatic heterocycles. The summed E-state index contributed by atoms with van der Waals surface area (Å²) in [7, 11) is 0. The minimum absolute atomic E-state index is 0.0439. The summed E-state index contributed by atoms with van der Waals surface area (Å²) in [5, 5.41) is 16.5. The molecule has 1 aromatic heterocycles. The molecule has 1 heterocycles. The molecule has 1 fully saturated rings. The Morgan fingerprint density at radius 1 is 1.44 bits per heavy atom. The van der Waals surface area contributed by atoms with Gasteiger partial charge < -0.3 is 20.4 Å². The van der Waals surface area contributed by atoms with Gasteiger partial charge in [0.1, 0.15) is 0 Å². The van der Waals surface area contributed by atoms with Crippen molar-refractivity contribution in [2.45, 2.75) is 45.3 Å². The van der Waals surface area contributed by atoms with Crippen LogP contribution in [-0.2, 0) is 11.3 Å². The zero-order chi connectivity index (χ0) is 13.0. The van der Waals surface area contributed by atoms with Crippen LogP contribution in [0.2, 0.25) is 0 Å². The molecule has 7 nitrogen and oxygen atoms in total. The number of nitrogens with one attached hydrogen (secondary N) is 3. The second-order valence-corrected chi connectivity index (χ2v) is 4.73. The number of nitrogens with zero attached hydrogens (tertiary/aromatic N) is 2. The second-order valence-electron chi connectivity index (χ2n) is 4.73. The van der Waals surface area contributed by atoms with Crippen LogP contribution in [-0.4, -0.2) is 34.7 Å². The van der Waals surface area contributed by atoms with Gasteiger partial charge in [-0.05, 0) is 12.8 Å². The van der Waals surface area contributed by atoms with E-state index in [1.54, 1.807) is 0 Å². The van der Waals surface area contributed by atoms with Gasteiger partial charge in [-0.3, -0.25) is 4.79 Å². The van der Waals surface area contributed by atoms with Crippen LogP contribution in [0.5, 0.6) is 0 Å². The number of rotatable bonds is 7. The maximum atomic E-state index is 11.4. The zero-order valence-electron chi connectivity index (χ0n) is 10.7. The number of hydrogen-bond acceptors (Lipinski definition) is 6. The summed E-state index contributed by atoms with van der Waals surface area (Å²) in [6, 6.07) is 1.01. The molecular weight excluding hydrogens is 234 g/mol. The predicted octanol–water partition coefficient (Wildman–Crippen LogP) is 0.258. The molecule has 18 heavy (non-hydrogen) atoms. The van der Waals surface area contributed by atoms with Crippen molar-refractivity contribution in [3.63, 3.8) is 0 Å². The molecule has 1 aliphatic rings. The molecule has 1 aliphatic carbocycles. The first-order valence-corrected chi connectivity index (χ1v) is 6.22. The van der Waals surface area contributed by atoms with E-state index in [9.17, 15) is 4.79 Å². The molecule has 1 saturated carbocycles. The molecular formula is C11H19N5O2. The molecule has 2 rings (SSSR count). The highest BCUT2D eigenvalue weighted by molar-refractivity contribution is 5.80. The summed E-state index contributed by atoms with van der Waals surface area (Å²) in [6.45, 7) is 4.77. The van der Waals surface area contributed by atoms with Gasteiger partial charge in [0.05, 0.1) is 13.1 Å². The predicted molar refractivity (Wildman–Crippen MR) is 65.9 cm³/mol. The number of anilines is 1. The van der Waals surface area contributed by atoms with Crippen LogP contribution in [0, 0.1) is 0 Å². The molecule has 0 aromatic carbocycles. The fourth-order valence-corrected chi connectivity index (χ4v) is 1.35. The van der Waals surface area contributed by atoms with E-state index in [1.807, 2.05) is 13.8 Å². The summed E-state index contributed by atoms with van der Waals surface area (Å²) < 4.78 is 5.33. The number of aromatic nitrogens is 2. The van der Waals surface area contributed by atoms with E-state index >= 15 is 0 Å². The summed E-state index contributed by atoms with van der Waals surface area (Å²) in [5.41, 5.74) is 0. The van der Waals surface area contributed by atoms with Gasteiger partial charge in [-0.2, -0.15) is 0 Å². The van der Waals surface area contributed by atoms with E-state index < -0.39 is 0 Å². The van der Waals surface area contributed by atoms with Crippen molar-refractivity contribution >= 4 is 11.9 Å². The molecule has 0 spiro atoms. The molecule has 1 amide bonds. The highest BCUT2D eigenvalue weighted by Gasteiger charge is 2.23. The molecule has 3 N–H and O–H groups in total. The molecule has 1 aromatic rings. The number of amides is 1. The number of carbonyl (C=O) groups is 1. The van der Waals surface area contributed by atoms with Crippen molar-refractivity contribution < 1.29 is 9.21 Å². The van der Waals surface area contributed by atoms with Gasteiger partial charge in [0, 0.05) is 12.1 Å². The van der Waals surface area contributed by atoms with E-state index in [2.05, 4.69) is 26.1 Å². The van der Waals surface area contributed by atoms with Crippen LogP contribution in [0.25, 0.3) is 0 Å². The largest absolute Gasteiger partial charge is 0.407 e. The fraction of sp³-hybridized carbons (Fsp3) is 0.727. The first kappa shape index (κ1) is 12.8. The molecule has 0 radical (unpaired) electrons. The highest BCUT2D eigenvalue weighted by Crippen LogP contribution is 2.18. The van der Waals surface area contributed by atoms with E-state index in [4.69, 9.17) is 4.42 Å². The van der Waals surface area contributed by atoms with Gasteiger partial charge in [-0.25, -0.2) is 0 Å². The number of hydrogen-bond donors (Lipinski definition) is 3. The van der Waals surface area contributed by atoms with Gasteiger partial charge in [-0.1, -0.05) is 18.9 Å². The SMILES string of the molecule is CC(C)NCc1nnc(NCC(=O)NC2CC2)o1. The maximum Gasteiger partial charge on any atom is 0.315 e. The summed E-state index contributed by atoms with van der Waals surface area (Å²) in [4.78, 5) is 11.4. The third-order valence-electron chi connectivity index (χ3n) is 2.47. The normalized spacial score (nSPS) is 14.8. The van der Waals surface area contributed by atoms with Gasteiger partial charge in [-0.15, -0.1) is 5.10 Å². The second kappa shape index (κ2) is 5.81. The number of carbonyl (C=O) groups excluding carboxylic acids is 1. The van der Waals surface area contributed by atoms with E-state index in [1.165, 1.54) is 0 Å². The smallest absolute Gasteiger partial charge is 0.315 e. The summed E-state index contributed by atoms with van der Waals surface area (Å²) >= 11 is 0. The quantitative estimate of drug-likeness (QED) is 0.645. The Kier molecular flexibility index (Phi) is 4.14. The third-order valence-corrected chi connectivity index (χ3v) is 2.47. The Labute approximate surface area is 106 Å². The van der Waals surface area contributed by atoms with E-state index in [0.29, 0.717) is 24.5 Å². The van der Waals surface area contributed by atoms with Crippen molar-refractivity contribution in [3.8, 4) is 0 Å². The van der Waals surface area contributed by atoms with Crippen LogP contribution in [0.1, 0.15) is 32.6 Å². The van der Waals surface area contributed by atoms with Gasteiger partial charge in [0.2, 0.25) is 11.8 Å². The van der Waals surface area contributed by atoms with Crippen LogP contribution in [0.3, 0.4) is 0 Å². The van der Waals surface area contributed by atoms with Gasteiger partial charge in [0.25, 0.3) is 0 Å². The lowest BCUT2D eigenvalue weighted by Crippen LogP contribution is -2.31. The zero-order valence-corrected chi connectivity index (χ0v) is 10.7. The minimum atomic E-state index is -0.0439. The van der Waals surface area contributed by atoms with Crippen molar-refractivity contribution in [3.05, 3.63) is 5.89 Å². The molecule has 0 bridgehead atoms. The fourth-order valence-electron chi connectivity index (χ4n) is 1.35. The van der Waals surface area contributed by atoms with E-state index in [-0.39, 0.29) is 18.5 Å². The van der Waals surface area contributed by atoms with Crippen LogP contribution in [0.15, 0.2) is 4.42 Å². The first-order chi connectivity index (χ1) is 8.63. The summed E-state index contributed by atoms with van der Waals surface area (Å²) in [5.74, 6) is 0.464. The van der Waals surface area contributed by atoms with Crippen molar-refractivity contribution in [1.82, 2.24) is 20.8 Å². The summed E-state index contributed by atoms with van der Waals surface area (Å²) in [6.07, 6.45) is 2.16. The molecule has 0 unspecified atom stereocenters. The van der Waals surface area contributed by atoms with Crippen LogP contribution < -0.4 is 16.0 Å². The van der Waals surface area contributed by atoms with Crippen molar-refractivity contribution in [2.24, 2.45) is 0 Å². The monoisotopic (exact) mass is 253 g/mol. The Hall–Kier alpha value is -1.63. The average molecular weight is 253 g/mol. The maximum absolute atomic E-state index is 11.4. The van der Waals surface area contributed by atoms with E-state index in [0.717, 1.165) is 12.8 Å². The first-order valence-electron chi connectivity index (χ1n) is 6.22. The van der Waals surface area contributed by atoms with Gasteiger partial charge in [0.15, 0.2) is 0 Å². The molecule has 7 heteroatoms. The lowest BCUT2D eigenvalue weighted by atomic mass is 10.4. The molecule has 0 saturated heterocycles. The Morgan fingerprint density at radius 3 is 2.89 bits per heavy atom. The average Bonchev–Trinajstić information content (AvgIpc) is 3.01. The Morgan fingerprint density at radius 2 is 2.22 bits per heavy atom. The third kappa shape index (κ3) is 4.33. The lowest BCUT2D eigenvalue weighted by Gasteiger charge is -2.04. The van der Waals surface area contributed by atoms with Gasteiger partial charge >= 0.3 is 6.01 Å². The minimum Gasteiger partial charge on any atom is -0.407 e.